The number of hydrogen-bond donors (Lipinski definition) is 0. The van der Waals surface area contributed by atoms with Crippen molar-refractivity contribution in [2.24, 2.45) is 5.92 Å². The molecule has 0 spiro atoms. The van der Waals surface area contributed by atoms with E-state index in [2.05, 4.69) is 43.0 Å². The van der Waals surface area contributed by atoms with Crippen molar-refractivity contribution in [2.75, 3.05) is 24.5 Å². The van der Waals surface area contributed by atoms with E-state index in [0.29, 0.717) is 12.5 Å². The van der Waals surface area contributed by atoms with Crippen molar-refractivity contribution in [2.45, 2.75) is 77.7 Å². The van der Waals surface area contributed by atoms with Gasteiger partial charge >= 0.3 is 0 Å². The van der Waals surface area contributed by atoms with Crippen LogP contribution in [0.15, 0.2) is 24.3 Å². The molecule has 1 unspecified atom stereocenters. The minimum absolute atomic E-state index is 0.511. The maximum Gasteiger partial charge on any atom is 0.209 e. The molecule has 1 amide bonds. The molecule has 0 N–H and O–H groups in total. The highest BCUT2D eigenvalue weighted by Gasteiger charge is 2.18. The molecule has 1 heterocycles. The highest BCUT2D eigenvalue weighted by molar-refractivity contribution is 5.49. The number of carbonyl (C=O) groups is 1. The second-order valence-corrected chi connectivity index (χ2v) is 8.33. The molecule has 154 valence electrons. The number of carbonyl (C=O) groups excluding carboxylic acids is 1. The molecule has 1 aromatic rings. The minimum Gasteiger partial charge on any atom is -0.371 e. The van der Waals surface area contributed by atoms with Gasteiger partial charge in [0.15, 0.2) is 0 Å². The van der Waals surface area contributed by atoms with Crippen molar-refractivity contribution in [1.29, 1.82) is 5.26 Å². The molecule has 2 aliphatic rings. The molecular weight excluding hydrogens is 346 g/mol. The Morgan fingerprint density at radius 2 is 2.00 bits per heavy atom. The summed E-state index contributed by atoms with van der Waals surface area (Å²) in [6.45, 7) is 7.68. The van der Waals surface area contributed by atoms with Gasteiger partial charge in [0, 0.05) is 31.4 Å². The predicted molar refractivity (Wildman–Crippen MR) is 116 cm³/mol. The van der Waals surface area contributed by atoms with E-state index >= 15 is 0 Å². The highest BCUT2D eigenvalue weighted by Crippen LogP contribution is 2.24. The van der Waals surface area contributed by atoms with Gasteiger partial charge in [-0.3, -0.25) is 4.79 Å². The van der Waals surface area contributed by atoms with Crippen molar-refractivity contribution in [1.82, 2.24) is 4.90 Å². The summed E-state index contributed by atoms with van der Waals surface area (Å²) < 4.78 is 0. The SMILES string of the molecule is CC1CCCN(c2cccc(CC#N)c2)C1.CCCN(C=O)C1CCCCC1. The Bertz CT molecular complexity index is 619. The molecule has 0 aromatic heterocycles. The van der Waals surface area contributed by atoms with E-state index in [9.17, 15) is 4.79 Å². The zero-order chi connectivity index (χ0) is 20.2. The topological polar surface area (TPSA) is 47.3 Å². The Morgan fingerprint density at radius 1 is 1.21 bits per heavy atom. The molecular formula is C24H37N3O. The summed E-state index contributed by atoms with van der Waals surface area (Å²) in [6, 6.07) is 11.1. The molecule has 1 aliphatic heterocycles. The van der Waals surface area contributed by atoms with Crippen LogP contribution >= 0.6 is 0 Å². The van der Waals surface area contributed by atoms with Crippen LogP contribution in [0.3, 0.4) is 0 Å². The van der Waals surface area contributed by atoms with Crippen molar-refractivity contribution in [3.05, 3.63) is 29.8 Å². The first-order valence-corrected chi connectivity index (χ1v) is 11.1. The van der Waals surface area contributed by atoms with Gasteiger partial charge in [-0.05, 0) is 55.7 Å². The van der Waals surface area contributed by atoms with Gasteiger partial charge in [0.1, 0.15) is 0 Å². The molecule has 1 atom stereocenters. The van der Waals surface area contributed by atoms with Crippen LogP contribution in [0.25, 0.3) is 0 Å². The maximum atomic E-state index is 10.7. The van der Waals surface area contributed by atoms with Gasteiger partial charge in [-0.1, -0.05) is 45.2 Å². The third-order valence-electron chi connectivity index (χ3n) is 5.88. The zero-order valence-electron chi connectivity index (χ0n) is 17.8. The van der Waals surface area contributed by atoms with E-state index in [1.807, 2.05) is 11.0 Å². The summed E-state index contributed by atoms with van der Waals surface area (Å²) >= 11 is 0. The van der Waals surface area contributed by atoms with Gasteiger partial charge in [0.05, 0.1) is 12.5 Å². The Balaban J connectivity index is 0.000000209. The maximum absolute atomic E-state index is 10.7. The molecule has 1 aromatic carbocycles. The fourth-order valence-electron chi connectivity index (χ4n) is 4.37. The third kappa shape index (κ3) is 7.19. The number of amides is 1. The van der Waals surface area contributed by atoms with Crippen LogP contribution in [0.4, 0.5) is 5.69 Å². The van der Waals surface area contributed by atoms with Gasteiger partial charge in [-0.25, -0.2) is 0 Å². The Hall–Kier alpha value is -2.02. The summed E-state index contributed by atoms with van der Waals surface area (Å²) in [5, 5.41) is 8.70. The number of nitriles is 1. The number of piperidine rings is 1. The summed E-state index contributed by atoms with van der Waals surface area (Å²) in [5.74, 6) is 0.786. The van der Waals surface area contributed by atoms with E-state index < -0.39 is 0 Å². The van der Waals surface area contributed by atoms with Crippen molar-refractivity contribution in [3.8, 4) is 6.07 Å². The summed E-state index contributed by atoms with van der Waals surface area (Å²) in [4.78, 5) is 15.1. The van der Waals surface area contributed by atoms with Crippen LogP contribution in [0.2, 0.25) is 0 Å². The minimum atomic E-state index is 0.511. The molecule has 3 rings (SSSR count). The van der Waals surface area contributed by atoms with E-state index in [1.54, 1.807) is 0 Å². The summed E-state index contributed by atoms with van der Waals surface area (Å²) in [5.41, 5.74) is 2.40. The van der Waals surface area contributed by atoms with Crippen LogP contribution in [0.5, 0.6) is 0 Å². The first-order valence-electron chi connectivity index (χ1n) is 11.1. The molecule has 0 bridgehead atoms. The number of anilines is 1. The summed E-state index contributed by atoms with van der Waals surface area (Å²) in [7, 11) is 0. The zero-order valence-corrected chi connectivity index (χ0v) is 17.8. The Kier molecular flexibility index (Phi) is 9.90. The van der Waals surface area contributed by atoms with Gasteiger partial charge in [-0.2, -0.15) is 5.26 Å². The van der Waals surface area contributed by atoms with Crippen LogP contribution in [-0.4, -0.2) is 37.0 Å². The number of nitrogens with zero attached hydrogens (tertiary/aromatic N) is 3. The van der Waals surface area contributed by atoms with Crippen LogP contribution in [0, 0.1) is 17.2 Å². The fraction of sp³-hybridized carbons (Fsp3) is 0.667. The van der Waals surface area contributed by atoms with E-state index in [0.717, 1.165) is 43.9 Å². The first kappa shape index (κ1) is 22.3. The molecule has 4 heteroatoms. The standard InChI is InChI=1S/C14H18N2.C10H19NO/c1-12-4-3-9-16(11-12)14-6-2-5-13(10-14)7-8-15;1-2-8-11(9-12)10-6-4-3-5-7-10/h2,5-6,10,12H,3-4,7,9,11H2,1H3;9-10H,2-8H2,1H3. The van der Waals surface area contributed by atoms with Gasteiger partial charge in [0.25, 0.3) is 0 Å². The largest absolute Gasteiger partial charge is 0.371 e. The van der Waals surface area contributed by atoms with Crippen LogP contribution < -0.4 is 4.90 Å². The molecule has 1 saturated carbocycles. The van der Waals surface area contributed by atoms with Crippen molar-refractivity contribution < 1.29 is 4.79 Å². The molecule has 2 fully saturated rings. The average Bonchev–Trinajstić information content (AvgIpc) is 2.74. The van der Waals surface area contributed by atoms with Crippen LogP contribution in [0.1, 0.15) is 70.8 Å². The third-order valence-corrected chi connectivity index (χ3v) is 5.88. The lowest BCUT2D eigenvalue weighted by atomic mass is 9.94. The fourth-order valence-corrected chi connectivity index (χ4v) is 4.37. The first-order chi connectivity index (χ1) is 13.7. The lowest BCUT2D eigenvalue weighted by molar-refractivity contribution is -0.120. The van der Waals surface area contributed by atoms with Crippen molar-refractivity contribution >= 4 is 12.1 Å². The van der Waals surface area contributed by atoms with Crippen LogP contribution in [-0.2, 0) is 11.2 Å². The van der Waals surface area contributed by atoms with Gasteiger partial charge in [0.2, 0.25) is 6.41 Å². The Morgan fingerprint density at radius 3 is 2.64 bits per heavy atom. The second-order valence-electron chi connectivity index (χ2n) is 8.33. The van der Waals surface area contributed by atoms with E-state index in [1.165, 1.54) is 50.6 Å². The van der Waals surface area contributed by atoms with E-state index in [4.69, 9.17) is 5.26 Å². The second kappa shape index (κ2) is 12.4. The number of benzene rings is 1. The number of rotatable bonds is 6. The smallest absolute Gasteiger partial charge is 0.209 e. The van der Waals surface area contributed by atoms with Crippen molar-refractivity contribution in [3.63, 3.8) is 0 Å². The molecule has 4 nitrogen and oxygen atoms in total. The quantitative estimate of drug-likeness (QED) is 0.636. The lowest BCUT2D eigenvalue weighted by Gasteiger charge is -2.33. The number of hydrogen-bond acceptors (Lipinski definition) is 3. The van der Waals surface area contributed by atoms with E-state index in [-0.39, 0.29) is 0 Å². The van der Waals surface area contributed by atoms with Gasteiger partial charge in [-0.15, -0.1) is 0 Å². The Labute approximate surface area is 171 Å². The molecule has 28 heavy (non-hydrogen) atoms. The average molecular weight is 384 g/mol. The monoisotopic (exact) mass is 383 g/mol. The summed E-state index contributed by atoms with van der Waals surface area (Å²) in [6.07, 6.45) is 11.6. The molecule has 0 radical (unpaired) electrons. The molecule has 1 saturated heterocycles. The normalized spacial score (nSPS) is 19.9. The highest BCUT2D eigenvalue weighted by atomic mass is 16.1. The lowest BCUT2D eigenvalue weighted by Crippen LogP contribution is -2.36. The molecule has 1 aliphatic carbocycles. The van der Waals surface area contributed by atoms with Gasteiger partial charge < -0.3 is 9.80 Å². The predicted octanol–water partition coefficient (Wildman–Crippen LogP) is 5.18.